The number of hydrogen-bond donors (Lipinski definition) is 1. The summed E-state index contributed by atoms with van der Waals surface area (Å²) < 4.78 is 23.7. The maximum atomic E-state index is 12.9. The summed E-state index contributed by atoms with van der Waals surface area (Å²) in [6.07, 6.45) is -0.503. The van der Waals surface area contributed by atoms with Crippen molar-refractivity contribution >= 4 is 23.5 Å². The molecule has 27 heavy (non-hydrogen) atoms. The summed E-state index contributed by atoms with van der Waals surface area (Å²) in [6.45, 7) is 1.92. The Morgan fingerprint density at radius 3 is 2.78 bits per heavy atom. The number of carbonyl (C=O) groups excluding carboxylic acids is 2. The monoisotopic (exact) mass is 391 g/mol. The highest BCUT2D eigenvalue weighted by atomic mass is 35.5. The first kappa shape index (κ1) is 19.2. The molecule has 1 amide bonds. The largest absolute Gasteiger partial charge is 0.492 e. The fraction of sp³-hybridized carbons (Fsp3) is 0.300. The lowest BCUT2D eigenvalue weighted by Gasteiger charge is -2.25. The Morgan fingerprint density at radius 2 is 2.04 bits per heavy atom. The minimum atomic E-state index is -0.946. The summed E-state index contributed by atoms with van der Waals surface area (Å²) in [5.41, 5.74) is 1.58. The second-order valence-corrected chi connectivity index (χ2v) is 6.82. The van der Waals surface area contributed by atoms with Gasteiger partial charge < -0.3 is 14.8 Å². The molecule has 1 N–H and O–H groups in total. The zero-order chi connectivity index (χ0) is 19.4. The minimum absolute atomic E-state index is 0.192. The molecule has 2 aromatic rings. The molecule has 0 unspecified atom stereocenters. The molecule has 3 rings (SSSR count). The number of ether oxygens (including phenoxy) is 2. The maximum Gasteiger partial charge on any atom is 0.313 e. The van der Waals surface area contributed by atoms with Crippen LogP contribution in [0.5, 0.6) is 5.75 Å². The summed E-state index contributed by atoms with van der Waals surface area (Å²) in [4.78, 5) is 24.5. The topological polar surface area (TPSA) is 64.6 Å². The number of fused-ring (bicyclic) bond motifs is 1. The molecule has 0 aliphatic carbocycles. The van der Waals surface area contributed by atoms with Crippen LogP contribution in [0, 0.1) is 11.7 Å². The Morgan fingerprint density at radius 1 is 1.30 bits per heavy atom. The van der Waals surface area contributed by atoms with Crippen molar-refractivity contribution in [1.82, 2.24) is 5.32 Å². The number of rotatable bonds is 5. The first-order valence-electron chi connectivity index (χ1n) is 8.56. The molecule has 0 radical (unpaired) electrons. The highest BCUT2D eigenvalue weighted by Crippen LogP contribution is 2.30. The van der Waals surface area contributed by atoms with E-state index in [0.717, 1.165) is 11.1 Å². The van der Waals surface area contributed by atoms with Crippen LogP contribution >= 0.6 is 11.6 Å². The molecule has 7 heteroatoms. The van der Waals surface area contributed by atoms with Gasteiger partial charge in [-0.1, -0.05) is 23.7 Å². The molecular weight excluding hydrogens is 373 g/mol. The van der Waals surface area contributed by atoms with E-state index < -0.39 is 23.9 Å². The number of halogens is 2. The third kappa shape index (κ3) is 4.98. The number of benzene rings is 2. The lowest BCUT2D eigenvalue weighted by atomic mass is 9.97. The lowest BCUT2D eigenvalue weighted by Crippen LogP contribution is -2.38. The predicted molar refractivity (Wildman–Crippen MR) is 97.9 cm³/mol. The summed E-state index contributed by atoms with van der Waals surface area (Å²) >= 11 is 5.98. The second kappa shape index (κ2) is 8.39. The van der Waals surface area contributed by atoms with Gasteiger partial charge in [-0.25, -0.2) is 4.39 Å². The van der Waals surface area contributed by atoms with Crippen molar-refractivity contribution < 1.29 is 23.5 Å². The van der Waals surface area contributed by atoms with E-state index in [0.29, 0.717) is 17.2 Å². The van der Waals surface area contributed by atoms with Gasteiger partial charge in [0.25, 0.3) is 5.91 Å². The van der Waals surface area contributed by atoms with E-state index in [9.17, 15) is 14.0 Å². The Hall–Kier alpha value is -2.60. The van der Waals surface area contributed by atoms with Crippen LogP contribution in [0.15, 0.2) is 42.5 Å². The Bertz CT molecular complexity index is 840. The number of hydrogen-bond acceptors (Lipinski definition) is 4. The molecule has 5 nitrogen and oxygen atoms in total. The molecule has 0 saturated heterocycles. The van der Waals surface area contributed by atoms with Gasteiger partial charge in [0, 0.05) is 11.6 Å². The molecular formula is C20H19ClFNO4. The number of amides is 1. The van der Waals surface area contributed by atoms with E-state index in [1.165, 1.54) is 19.1 Å². The minimum Gasteiger partial charge on any atom is -0.492 e. The highest BCUT2D eigenvalue weighted by Gasteiger charge is 2.30. The fourth-order valence-electron chi connectivity index (χ4n) is 2.77. The summed E-state index contributed by atoms with van der Waals surface area (Å²) in [7, 11) is 0. The van der Waals surface area contributed by atoms with Crippen LogP contribution in [-0.4, -0.2) is 24.6 Å². The van der Waals surface area contributed by atoms with Gasteiger partial charge in [0.1, 0.15) is 18.2 Å². The van der Waals surface area contributed by atoms with Crippen molar-refractivity contribution in [2.75, 3.05) is 6.61 Å². The number of carbonyl (C=O) groups is 2. The molecule has 0 saturated carbocycles. The molecule has 0 bridgehead atoms. The molecule has 2 aromatic carbocycles. The molecule has 1 aliphatic heterocycles. The third-order valence-electron chi connectivity index (χ3n) is 4.30. The quantitative estimate of drug-likeness (QED) is 0.794. The molecule has 1 aliphatic rings. The Labute approximate surface area is 161 Å². The Balaban J connectivity index is 1.51. The van der Waals surface area contributed by atoms with Gasteiger partial charge in [0.15, 0.2) is 6.10 Å². The molecule has 1 heterocycles. The number of esters is 1. The van der Waals surface area contributed by atoms with E-state index in [1.54, 1.807) is 30.3 Å². The smallest absolute Gasteiger partial charge is 0.313 e. The van der Waals surface area contributed by atoms with Crippen molar-refractivity contribution in [3.63, 3.8) is 0 Å². The first-order valence-corrected chi connectivity index (χ1v) is 8.94. The van der Waals surface area contributed by atoms with Crippen molar-refractivity contribution in [3.05, 3.63) is 64.4 Å². The highest BCUT2D eigenvalue weighted by molar-refractivity contribution is 6.30. The van der Waals surface area contributed by atoms with Crippen LogP contribution in [0.2, 0.25) is 5.02 Å². The van der Waals surface area contributed by atoms with Crippen molar-refractivity contribution in [3.8, 4) is 5.75 Å². The van der Waals surface area contributed by atoms with Gasteiger partial charge in [0.05, 0.1) is 5.92 Å². The zero-order valence-electron chi connectivity index (χ0n) is 14.7. The molecule has 2 atom stereocenters. The maximum absolute atomic E-state index is 12.9. The fourth-order valence-corrected chi connectivity index (χ4v) is 2.97. The van der Waals surface area contributed by atoms with Crippen LogP contribution in [0.4, 0.5) is 4.39 Å². The van der Waals surface area contributed by atoms with Crippen molar-refractivity contribution in [2.24, 2.45) is 5.92 Å². The van der Waals surface area contributed by atoms with E-state index >= 15 is 0 Å². The van der Waals surface area contributed by atoms with Gasteiger partial charge in [-0.15, -0.1) is 0 Å². The SMILES string of the molecule is C[C@@H](OC(=O)[C@H]1COc2ccc(Cl)cc2C1)C(=O)NCc1ccc(F)cc1. The zero-order valence-corrected chi connectivity index (χ0v) is 15.5. The third-order valence-corrected chi connectivity index (χ3v) is 4.54. The van der Waals surface area contributed by atoms with E-state index in [-0.39, 0.29) is 19.0 Å². The Kier molecular flexibility index (Phi) is 5.96. The summed E-state index contributed by atoms with van der Waals surface area (Å²) in [5.74, 6) is -1.06. The van der Waals surface area contributed by atoms with Crippen LogP contribution in [0.25, 0.3) is 0 Å². The van der Waals surface area contributed by atoms with E-state index in [2.05, 4.69) is 5.32 Å². The molecule has 0 fully saturated rings. The molecule has 142 valence electrons. The lowest BCUT2D eigenvalue weighted by molar-refractivity contribution is -0.160. The van der Waals surface area contributed by atoms with Crippen LogP contribution in [0.3, 0.4) is 0 Å². The standard InChI is InChI=1S/C20H19ClFNO4/c1-12(19(24)23-10-13-2-5-17(22)6-3-13)27-20(25)15-8-14-9-16(21)4-7-18(14)26-11-15/h2-7,9,12,15H,8,10-11H2,1H3,(H,23,24)/t12-,15-/m1/s1. The molecule has 0 spiro atoms. The second-order valence-electron chi connectivity index (χ2n) is 6.39. The van der Waals surface area contributed by atoms with Gasteiger partial charge in [0.2, 0.25) is 0 Å². The van der Waals surface area contributed by atoms with E-state index in [4.69, 9.17) is 21.1 Å². The normalized spacial score (nSPS) is 16.6. The van der Waals surface area contributed by atoms with Crippen LogP contribution < -0.4 is 10.1 Å². The first-order chi connectivity index (χ1) is 12.9. The predicted octanol–water partition coefficient (Wildman–Crippen LogP) is 3.28. The van der Waals surface area contributed by atoms with Gasteiger partial charge >= 0.3 is 5.97 Å². The van der Waals surface area contributed by atoms with Crippen LogP contribution in [0.1, 0.15) is 18.1 Å². The van der Waals surface area contributed by atoms with Gasteiger partial charge in [-0.05, 0) is 54.8 Å². The van der Waals surface area contributed by atoms with Gasteiger partial charge in [-0.2, -0.15) is 0 Å². The van der Waals surface area contributed by atoms with Crippen molar-refractivity contribution in [2.45, 2.75) is 26.0 Å². The van der Waals surface area contributed by atoms with Crippen molar-refractivity contribution in [1.29, 1.82) is 0 Å². The summed E-state index contributed by atoms with van der Waals surface area (Å²) in [5, 5.41) is 3.23. The summed E-state index contributed by atoms with van der Waals surface area (Å²) in [6, 6.07) is 11.0. The average Bonchev–Trinajstić information content (AvgIpc) is 2.66. The number of nitrogens with one attached hydrogen (secondary N) is 1. The van der Waals surface area contributed by atoms with E-state index in [1.807, 2.05) is 0 Å². The van der Waals surface area contributed by atoms with Gasteiger partial charge in [-0.3, -0.25) is 9.59 Å². The van der Waals surface area contributed by atoms with Crippen LogP contribution in [-0.2, 0) is 27.3 Å². The molecule has 0 aromatic heterocycles. The average molecular weight is 392 g/mol.